The fraction of sp³-hybridized carbons (Fsp3) is 0.100. The Kier molecular flexibility index (Phi) is 1.85. The van der Waals surface area contributed by atoms with Crippen molar-refractivity contribution in [2.24, 2.45) is 0 Å². The molecule has 1 aromatic carbocycles. The van der Waals surface area contributed by atoms with Gasteiger partial charge in [0.1, 0.15) is 5.82 Å². The highest BCUT2D eigenvalue weighted by atomic mass is 19.1. The van der Waals surface area contributed by atoms with E-state index in [9.17, 15) is 4.39 Å². The van der Waals surface area contributed by atoms with Crippen molar-refractivity contribution in [3.8, 4) is 11.3 Å². The number of aromatic amines is 1. The van der Waals surface area contributed by atoms with E-state index < -0.39 is 0 Å². The summed E-state index contributed by atoms with van der Waals surface area (Å²) in [6.07, 6.45) is 3.27. The van der Waals surface area contributed by atoms with E-state index in [2.05, 4.69) is 9.97 Å². The third kappa shape index (κ3) is 1.33. The Hall–Kier alpha value is -1.64. The lowest BCUT2D eigenvalue weighted by atomic mass is 10.1. The summed E-state index contributed by atoms with van der Waals surface area (Å²) in [6.45, 7) is 1.76. The first-order chi connectivity index (χ1) is 6.29. The monoisotopic (exact) mass is 176 g/mol. The molecule has 3 heteroatoms. The summed E-state index contributed by atoms with van der Waals surface area (Å²) in [4.78, 5) is 6.84. The molecule has 0 saturated heterocycles. The van der Waals surface area contributed by atoms with E-state index in [1.807, 2.05) is 6.07 Å². The van der Waals surface area contributed by atoms with Gasteiger partial charge in [-0.15, -0.1) is 0 Å². The van der Waals surface area contributed by atoms with Crippen LogP contribution in [-0.4, -0.2) is 9.97 Å². The minimum Gasteiger partial charge on any atom is -0.345 e. The van der Waals surface area contributed by atoms with Gasteiger partial charge in [-0.3, -0.25) is 0 Å². The van der Waals surface area contributed by atoms with Crippen molar-refractivity contribution in [1.82, 2.24) is 9.97 Å². The fourth-order valence-electron chi connectivity index (χ4n) is 1.30. The van der Waals surface area contributed by atoms with Crippen LogP contribution in [0.5, 0.6) is 0 Å². The van der Waals surface area contributed by atoms with Gasteiger partial charge in [-0.2, -0.15) is 0 Å². The third-order valence-corrected chi connectivity index (χ3v) is 2.06. The summed E-state index contributed by atoms with van der Waals surface area (Å²) >= 11 is 0. The van der Waals surface area contributed by atoms with Gasteiger partial charge in [0.05, 0.1) is 18.2 Å². The number of benzene rings is 1. The van der Waals surface area contributed by atoms with Gasteiger partial charge in [-0.1, -0.05) is 12.1 Å². The first-order valence-corrected chi connectivity index (χ1v) is 4.03. The smallest absolute Gasteiger partial charge is 0.126 e. The largest absolute Gasteiger partial charge is 0.345 e. The van der Waals surface area contributed by atoms with Gasteiger partial charge in [-0.25, -0.2) is 9.37 Å². The predicted molar refractivity (Wildman–Crippen MR) is 48.7 cm³/mol. The van der Waals surface area contributed by atoms with Crippen LogP contribution in [0, 0.1) is 12.7 Å². The number of nitrogens with one attached hydrogen (secondary N) is 1. The Bertz CT molecular complexity index is 407. The maximum atomic E-state index is 13.1. The molecule has 0 fully saturated rings. The molecule has 13 heavy (non-hydrogen) atoms. The minimum absolute atomic E-state index is 0.188. The molecule has 66 valence electrons. The Balaban J connectivity index is 2.59. The molecule has 0 saturated carbocycles. The lowest BCUT2D eigenvalue weighted by Gasteiger charge is -2.02. The first-order valence-electron chi connectivity index (χ1n) is 4.03. The molecule has 2 rings (SSSR count). The van der Waals surface area contributed by atoms with Crippen LogP contribution in [0.3, 0.4) is 0 Å². The van der Waals surface area contributed by atoms with Gasteiger partial charge in [0.2, 0.25) is 0 Å². The molecule has 1 aromatic heterocycles. The standard InChI is InChI=1S/C10H9FN2/c1-7-8(3-2-4-9(7)11)10-5-12-6-13-10/h2-6H,1H3,(H,12,13). The molecule has 0 radical (unpaired) electrons. The summed E-state index contributed by atoms with van der Waals surface area (Å²) in [6, 6.07) is 5.01. The van der Waals surface area contributed by atoms with Crippen LogP contribution < -0.4 is 0 Å². The number of rotatable bonds is 1. The van der Waals surface area contributed by atoms with E-state index >= 15 is 0 Å². The van der Waals surface area contributed by atoms with E-state index in [1.165, 1.54) is 6.07 Å². The number of H-pyrrole nitrogens is 1. The molecule has 1 heterocycles. The molecule has 0 aliphatic rings. The topological polar surface area (TPSA) is 28.7 Å². The van der Waals surface area contributed by atoms with Crippen molar-refractivity contribution >= 4 is 0 Å². The number of hydrogen-bond acceptors (Lipinski definition) is 1. The highest BCUT2D eigenvalue weighted by Crippen LogP contribution is 2.22. The minimum atomic E-state index is -0.188. The van der Waals surface area contributed by atoms with E-state index in [0.29, 0.717) is 5.56 Å². The lowest BCUT2D eigenvalue weighted by Crippen LogP contribution is -1.87. The maximum Gasteiger partial charge on any atom is 0.126 e. The van der Waals surface area contributed by atoms with Crippen LogP contribution in [0.15, 0.2) is 30.7 Å². The highest BCUT2D eigenvalue weighted by Gasteiger charge is 2.05. The Morgan fingerprint density at radius 2 is 2.23 bits per heavy atom. The molecule has 0 bridgehead atoms. The summed E-state index contributed by atoms with van der Waals surface area (Å²) in [5.74, 6) is -0.188. The van der Waals surface area contributed by atoms with Gasteiger partial charge >= 0.3 is 0 Å². The molecule has 2 nitrogen and oxygen atoms in total. The zero-order chi connectivity index (χ0) is 9.26. The van der Waals surface area contributed by atoms with E-state index in [-0.39, 0.29) is 5.82 Å². The molecule has 0 aliphatic carbocycles. The van der Waals surface area contributed by atoms with Crippen molar-refractivity contribution < 1.29 is 4.39 Å². The normalized spacial score (nSPS) is 10.3. The third-order valence-electron chi connectivity index (χ3n) is 2.06. The second kappa shape index (κ2) is 3.01. The maximum absolute atomic E-state index is 13.1. The summed E-state index contributed by atoms with van der Waals surface area (Å²) in [7, 11) is 0. The second-order valence-electron chi connectivity index (χ2n) is 2.88. The molecule has 2 aromatic rings. The average molecular weight is 176 g/mol. The quantitative estimate of drug-likeness (QED) is 0.710. The van der Waals surface area contributed by atoms with Crippen LogP contribution in [-0.2, 0) is 0 Å². The summed E-state index contributed by atoms with van der Waals surface area (Å²) < 4.78 is 13.1. The molecule has 0 unspecified atom stereocenters. The molecule has 0 spiro atoms. The van der Waals surface area contributed by atoms with Crippen LogP contribution >= 0.6 is 0 Å². The molecule has 0 amide bonds. The van der Waals surface area contributed by atoms with Crippen molar-refractivity contribution in [3.63, 3.8) is 0 Å². The van der Waals surface area contributed by atoms with Gasteiger partial charge in [0.25, 0.3) is 0 Å². The number of imidazole rings is 1. The van der Waals surface area contributed by atoms with E-state index in [4.69, 9.17) is 0 Å². The lowest BCUT2D eigenvalue weighted by molar-refractivity contribution is 0.619. The Labute approximate surface area is 75.4 Å². The Morgan fingerprint density at radius 1 is 1.38 bits per heavy atom. The van der Waals surface area contributed by atoms with Crippen LogP contribution in [0.25, 0.3) is 11.3 Å². The van der Waals surface area contributed by atoms with E-state index in [0.717, 1.165) is 11.3 Å². The average Bonchev–Trinajstić information content (AvgIpc) is 2.62. The van der Waals surface area contributed by atoms with Gasteiger partial charge in [-0.05, 0) is 18.6 Å². The van der Waals surface area contributed by atoms with Crippen molar-refractivity contribution in [2.75, 3.05) is 0 Å². The molecule has 0 atom stereocenters. The number of aromatic nitrogens is 2. The van der Waals surface area contributed by atoms with Crippen molar-refractivity contribution in [3.05, 3.63) is 42.1 Å². The van der Waals surface area contributed by atoms with Crippen LogP contribution in [0.2, 0.25) is 0 Å². The number of nitrogens with zero attached hydrogens (tertiary/aromatic N) is 1. The Morgan fingerprint density at radius 3 is 2.92 bits per heavy atom. The van der Waals surface area contributed by atoms with Crippen LogP contribution in [0.1, 0.15) is 5.56 Å². The fourth-order valence-corrected chi connectivity index (χ4v) is 1.30. The van der Waals surface area contributed by atoms with Gasteiger partial charge < -0.3 is 4.98 Å². The number of halogens is 1. The SMILES string of the molecule is Cc1c(F)cccc1-c1cnc[nH]1. The first kappa shape index (κ1) is 7.98. The molecular formula is C10H9FN2. The zero-order valence-electron chi connectivity index (χ0n) is 7.21. The van der Waals surface area contributed by atoms with Crippen molar-refractivity contribution in [2.45, 2.75) is 6.92 Å². The molecule has 0 aliphatic heterocycles. The van der Waals surface area contributed by atoms with E-state index in [1.54, 1.807) is 25.5 Å². The summed E-state index contributed by atoms with van der Waals surface area (Å²) in [5, 5.41) is 0. The molecular weight excluding hydrogens is 167 g/mol. The van der Waals surface area contributed by atoms with Gasteiger partial charge in [0, 0.05) is 5.56 Å². The predicted octanol–water partition coefficient (Wildman–Crippen LogP) is 2.52. The molecule has 1 N–H and O–H groups in total. The van der Waals surface area contributed by atoms with Crippen molar-refractivity contribution in [1.29, 1.82) is 0 Å². The second-order valence-corrected chi connectivity index (χ2v) is 2.88. The zero-order valence-corrected chi connectivity index (χ0v) is 7.21. The van der Waals surface area contributed by atoms with Gasteiger partial charge in [0.15, 0.2) is 0 Å². The summed E-state index contributed by atoms with van der Waals surface area (Å²) in [5.41, 5.74) is 2.35. The number of hydrogen-bond donors (Lipinski definition) is 1. The highest BCUT2D eigenvalue weighted by molar-refractivity contribution is 5.62. The van der Waals surface area contributed by atoms with Crippen LogP contribution in [0.4, 0.5) is 4.39 Å².